The first-order chi connectivity index (χ1) is 13.6. The second-order valence-corrected chi connectivity index (χ2v) is 7.45. The molecular formula is C22H18FN3OS. The van der Waals surface area contributed by atoms with Gasteiger partial charge in [-0.2, -0.15) is 0 Å². The SMILES string of the molecule is Cc1ccc2nc(-c3ccccc3)c(NC(=O)CSc3ccc(F)cc3)n2c1. The Morgan fingerprint density at radius 2 is 1.82 bits per heavy atom. The van der Waals surface area contributed by atoms with E-state index in [-0.39, 0.29) is 17.5 Å². The second-order valence-electron chi connectivity index (χ2n) is 6.40. The van der Waals surface area contributed by atoms with Crippen molar-refractivity contribution < 1.29 is 9.18 Å². The van der Waals surface area contributed by atoms with Gasteiger partial charge in [0.25, 0.3) is 0 Å². The van der Waals surface area contributed by atoms with Crippen molar-refractivity contribution in [3.8, 4) is 11.3 Å². The number of hydrogen-bond acceptors (Lipinski definition) is 3. The molecule has 0 radical (unpaired) electrons. The molecule has 0 aliphatic heterocycles. The van der Waals surface area contributed by atoms with E-state index in [2.05, 4.69) is 5.32 Å². The van der Waals surface area contributed by atoms with E-state index in [4.69, 9.17) is 4.98 Å². The van der Waals surface area contributed by atoms with Crippen LogP contribution in [0, 0.1) is 12.7 Å². The van der Waals surface area contributed by atoms with Crippen molar-refractivity contribution in [3.63, 3.8) is 0 Å². The Labute approximate surface area is 166 Å². The summed E-state index contributed by atoms with van der Waals surface area (Å²) >= 11 is 1.36. The summed E-state index contributed by atoms with van der Waals surface area (Å²) in [7, 11) is 0. The van der Waals surface area contributed by atoms with E-state index in [0.717, 1.165) is 27.4 Å². The van der Waals surface area contributed by atoms with Gasteiger partial charge in [0.05, 0.1) is 5.75 Å². The zero-order chi connectivity index (χ0) is 19.5. The smallest absolute Gasteiger partial charge is 0.235 e. The highest BCUT2D eigenvalue weighted by molar-refractivity contribution is 8.00. The van der Waals surface area contributed by atoms with Crippen LogP contribution in [-0.2, 0) is 4.79 Å². The van der Waals surface area contributed by atoms with Crippen molar-refractivity contribution in [2.75, 3.05) is 11.1 Å². The van der Waals surface area contributed by atoms with Crippen molar-refractivity contribution in [2.24, 2.45) is 0 Å². The number of aromatic nitrogens is 2. The Bertz CT molecular complexity index is 1120. The fraction of sp³-hybridized carbons (Fsp3) is 0.0909. The Balaban J connectivity index is 1.62. The number of aryl methyl sites for hydroxylation is 1. The average Bonchev–Trinajstić information content (AvgIpc) is 3.06. The van der Waals surface area contributed by atoms with Crippen molar-refractivity contribution in [3.05, 3.63) is 84.3 Å². The van der Waals surface area contributed by atoms with E-state index in [9.17, 15) is 9.18 Å². The van der Waals surface area contributed by atoms with Crippen LogP contribution in [0.4, 0.5) is 10.2 Å². The molecular weight excluding hydrogens is 373 g/mol. The molecule has 0 unspecified atom stereocenters. The normalized spacial score (nSPS) is 10.9. The summed E-state index contributed by atoms with van der Waals surface area (Å²) in [6.45, 7) is 2.00. The highest BCUT2D eigenvalue weighted by Crippen LogP contribution is 2.29. The van der Waals surface area contributed by atoms with Crippen molar-refractivity contribution >= 4 is 29.1 Å². The fourth-order valence-corrected chi connectivity index (χ4v) is 3.61. The number of rotatable bonds is 5. The van der Waals surface area contributed by atoms with Gasteiger partial charge in [0, 0.05) is 16.7 Å². The minimum atomic E-state index is -0.289. The number of carbonyl (C=O) groups is 1. The number of carbonyl (C=O) groups excluding carboxylic acids is 1. The molecule has 2 aromatic heterocycles. The summed E-state index contributed by atoms with van der Waals surface area (Å²) < 4.78 is 14.9. The first-order valence-corrected chi connectivity index (χ1v) is 9.81. The monoisotopic (exact) mass is 391 g/mol. The fourth-order valence-electron chi connectivity index (χ4n) is 2.92. The van der Waals surface area contributed by atoms with Crippen LogP contribution in [0.1, 0.15) is 5.56 Å². The van der Waals surface area contributed by atoms with Gasteiger partial charge in [-0.25, -0.2) is 9.37 Å². The molecule has 0 atom stereocenters. The first kappa shape index (κ1) is 18.3. The maximum Gasteiger partial charge on any atom is 0.235 e. The van der Waals surface area contributed by atoms with Crippen LogP contribution in [-0.4, -0.2) is 21.0 Å². The van der Waals surface area contributed by atoms with Gasteiger partial charge < -0.3 is 5.32 Å². The highest BCUT2D eigenvalue weighted by atomic mass is 32.2. The summed E-state index contributed by atoms with van der Waals surface area (Å²) in [5, 5.41) is 3.01. The topological polar surface area (TPSA) is 46.4 Å². The van der Waals surface area contributed by atoms with Crippen molar-refractivity contribution in [2.45, 2.75) is 11.8 Å². The molecule has 1 amide bonds. The minimum absolute atomic E-state index is 0.144. The van der Waals surface area contributed by atoms with E-state index < -0.39 is 0 Å². The summed E-state index contributed by atoms with van der Waals surface area (Å²) in [6, 6.07) is 19.8. The van der Waals surface area contributed by atoms with Gasteiger partial charge in [-0.05, 0) is 42.8 Å². The minimum Gasteiger partial charge on any atom is -0.309 e. The Kier molecular flexibility index (Phi) is 5.12. The predicted octanol–water partition coefficient (Wildman–Crippen LogP) is 5.18. The number of hydrogen-bond donors (Lipinski definition) is 1. The lowest BCUT2D eigenvalue weighted by atomic mass is 10.1. The third-order valence-corrected chi connectivity index (χ3v) is 5.27. The molecule has 0 bridgehead atoms. The van der Waals surface area contributed by atoms with Gasteiger partial charge >= 0.3 is 0 Å². The van der Waals surface area contributed by atoms with Crippen LogP contribution in [0.5, 0.6) is 0 Å². The lowest BCUT2D eigenvalue weighted by Crippen LogP contribution is -2.16. The number of nitrogens with one attached hydrogen (secondary N) is 1. The van der Waals surface area contributed by atoms with Gasteiger partial charge in [0.15, 0.2) is 0 Å². The van der Waals surface area contributed by atoms with Crippen LogP contribution < -0.4 is 5.32 Å². The molecule has 1 N–H and O–H groups in total. The van der Waals surface area contributed by atoms with Crippen molar-refractivity contribution in [1.29, 1.82) is 0 Å². The van der Waals surface area contributed by atoms with Crippen LogP contribution >= 0.6 is 11.8 Å². The molecule has 6 heteroatoms. The van der Waals surface area contributed by atoms with Crippen LogP contribution in [0.3, 0.4) is 0 Å². The molecule has 28 heavy (non-hydrogen) atoms. The number of pyridine rings is 1. The summed E-state index contributed by atoms with van der Waals surface area (Å²) in [6.07, 6.45) is 1.96. The molecule has 2 heterocycles. The molecule has 0 fully saturated rings. The molecule has 0 spiro atoms. The summed E-state index contributed by atoms with van der Waals surface area (Å²) in [4.78, 5) is 18.2. The third-order valence-electron chi connectivity index (χ3n) is 4.26. The number of nitrogens with zero attached hydrogens (tertiary/aromatic N) is 2. The molecule has 0 aliphatic rings. The van der Waals surface area contributed by atoms with Gasteiger partial charge in [-0.3, -0.25) is 9.20 Å². The van der Waals surface area contributed by atoms with Crippen LogP contribution in [0.25, 0.3) is 16.9 Å². The molecule has 4 nitrogen and oxygen atoms in total. The molecule has 0 saturated heterocycles. The van der Waals surface area contributed by atoms with E-state index in [1.165, 1.54) is 23.9 Å². The number of anilines is 1. The van der Waals surface area contributed by atoms with Crippen LogP contribution in [0.2, 0.25) is 0 Å². The summed E-state index contributed by atoms with van der Waals surface area (Å²) in [5.41, 5.74) is 3.50. The zero-order valence-corrected chi connectivity index (χ0v) is 16.0. The molecule has 4 rings (SSSR count). The maximum absolute atomic E-state index is 13.0. The zero-order valence-electron chi connectivity index (χ0n) is 15.2. The Hall–Kier alpha value is -3.12. The second kappa shape index (κ2) is 7.86. The van der Waals surface area contributed by atoms with E-state index in [0.29, 0.717) is 5.82 Å². The van der Waals surface area contributed by atoms with Gasteiger partial charge in [-0.1, -0.05) is 36.4 Å². The maximum atomic E-state index is 13.0. The van der Waals surface area contributed by atoms with Crippen molar-refractivity contribution in [1.82, 2.24) is 9.38 Å². The number of amides is 1. The predicted molar refractivity (Wildman–Crippen MR) is 111 cm³/mol. The lowest BCUT2D eigenvalue weighted by Gasteiger charge is -2.08. The Morgan fingerprint density at radius 1 is 1.07 bits per heavy atom. The lowest BCUT2D eigenvalue weighted by molar-refractivity contribution is -0.113. The van der Waals surface area contributed by atoms with Gasteiger partial charge in [-0.15, -0.1) is 11.8 Å². The quantitative estimate of drug-likeness (QED) is 0.477. The van der Waals surface area contributed by atoms with Gasteiger partial charge in [0.1, 0.15) is 23.0 Å². The van der Waals surface area contributed by atoms with E-state index >= 15 is 0 Å². The third kappa shape index (κ3) is 3.92. The Morgan fingerprint density at radius 3 is 2.57 bits per heavy atom. The number of benzene rings is 2. The molecule has 0 saturated carbocycles. The largest absolute Gasteiger partial charge is 0.309 e. The average molecular weight is 391 g/mol. The number of imidazole rings is 1. The van der Waals surface area contributed by atoms with E-state index in [1.807, 2.05) is 60.0 Å². The van der Waals surface area contributed by atoms with Crippen LogP contribution in [0.15, 0.2) is 77.8 Å². The van der Waals surface area contributed by atoms with E-state index in [1.54, 1.807) is 12.1 Å². The highest BCUT2D eigenvalue weighted by Gasteiger charge is 2.16. The number of halogens is 1. The molecule has 4 aromatic rings. The summed E-state index contributed by atoms with van der Waals surface area (Å²) in [5.74, 6) is 0.436. The molecule has 140 valence electrons. The number of fused-ring (bicyclic) bond motifs is 1. The molecule has 0 aliphatic carbocycles. The molecule has 2 aromatic carbocycles. The van der Waals surface area contributed by atoms with Gasteiger partial charge in [0.2, 0.25) is 5.91 Å². The first-order valence-electron chi connectivity index (χ1n) is 8.82. The standard InChI is InChI=1S/C22H18FN3OS/c1-15-7-12-19-24-21(16-5-3-2-4-6-16)22(26(19)13-15)25-20(27)14-28-18-10-8-17(23)9-11-18/h2-13H,14H2,1H3,(H,25,27). The number of thioether (sulfide) groups is 1.